The summed E-state index contributed by atoms with van der Waals surface area (Å²) in [5, 5.41) is 0. The van der Waals surface area contributed by atoms with Crippen LogP contribution in [0.3, 0.4) is 0 Å². The zero-order chi connectivity index (χ0) is 13.1. The number of rotatable bonds is 2. The van der Waals surface area contributed by atoms with E-state index in [1.165, 1.54) is 0 Å². The van der Waals surface area contributed by atoms with Crippen LogP contribution in [0.5, 0.6) is 0 Å². The maximum atomic E-state index is 12.1. The van der Waals surface area contributed by atoms with Crippen LogP contribution in [0, 0.1) is 11.8 Å². The molecule has 1 aromatic carbocycles. The summed E-state index contributed by atoms with van der Waals surface area (Å²) in [4.78, 5) is 14.0. The molecule has 0 saturated carbocycles. The number of nitrogens with zero attached hydrogens (tertiary/aromatic N) is 1. The van der Waals surface area contributed by atoms with Gasteiger partial charge in [0.1, 0.15) is 6.61 Å². The Hall–Kier alpha value is -1.79. The van der Waals surface area contributed by atoms with Gasteiger partial charge in [0.25, 0.3) is 5.91 Å². The Bertz CT molecular complexity index is 523. The van der Waals surface area contributed by atoms with Gasteiger partial charge in [0, 0.05) is 30.8 Å². The lowest BCUT2D eigenvalue weighted by Gasteiger charge is -2.19. The van der Waals surface area contributed by atoms with Crippen molar-refractivity contribution >= 4 is 5.91 Å². The van der Waals surface area contributed by atoms with E-state index < -0.39 is 0 Å². The van der Waals surface area contributed by atoms with Crippen molar-refractivity contribution < 1.29 is 9.53 Å². The van der Waals surface area contributed by atoms with E-state index in [0.717, 1.165) is 16.7 Å². The molecule has 0 fully saturated rings. The molecule has 0 radical (unpaired) electrons. The zero-order valence-corrected chi connectivity index (χ0v) is 11.0. The Labute approximate surface area is 108 Å². The second kappa shape index (κ2) is 5.24. The number of ether oxygens (including phenoxy) is 1. The monoisotopic (exact) mass is 243 g/mol. The molecule has 1 aromatic rings. The van der Waals surface area contributed by atoms with E-state index in [1.54, 1.807) is 7.11 Å². The molecule has 0 spiro atoms. The van der Waals surface area contributed by atoms with E-state index in [9.17, 15) is 4.79 Å². The molecule has 0 N–H and O–H groups in total. The van der Waals surface area contributed by atoms with Crippen LogP contribution < -0.4 is 0 Å². The molecule has 3 nitrogen and oxygen atoms in total. The van der Waals surface area contributed by atoms with Crippen molar-refractivity contribution in [3.05, 3.63) is 34.9 Å². The quantitative estimate of drug-likeness (QED) is 0.744. The van der Waals surface area contributed by atoms with E-state index in [2.05, 4.69) is 11.8 Å². The van der Waals surface area contributed by atoms with Crippen molar-refractivity contribution in [1.82, 2.24) is 4.90 Å². The fourth-order valence-corrected chi connectivity index (χ4v) is 2.05. The number of methoxy groups -OCH3 is 1. The molecule has 2 rings (SSSR count). The van der Waals surface area contributed by atoms with Gasteiger partial charge in [-0.05, 0) is 37.6 Å². The van der Waals surface area contributed by atoms with Crippen molar-refractivity contribution in [2.24, 2.45) is 0 Å². The average molecular weight is 243 g/mol. The van der Waals surface area contributed by atoms with Gasteiger partial charge in [-0.1, -0.05) is 11.8 Å². The Balaban J connectivity index is 2.24. The number of fused-ring (bicyclic) bond motifs is 1. The van der Waals surface area contributed by atoms with Gasteiger partial charge in [-0.2, -0.15) is 0 Å². The Kier molecular flexibility index (Phi) is 3.69. The summed E-state index contributed by atoms with van der Waals surface area (Å²) in [6.07, 6.45) is 0. The SMILES string of the molecule is COCC#Cc1ccc2c(c1)CN(C(C)C)C2=O. The second-order valence-electron chi connectivity index (χ2n) is 4.63. The molecule has 0 unspecified atom stereocenters. The normalized spacial score (nSPS) is 13.6. The third-order valence-corrected chi connectivity index (χ3v) is 3.01. The summed E-state index contributed by atoms with van der Waals surface area (Å²) in [5.41, 5.74) is 2.81. The third kappa shape index (κ3) is 2.39. The molecule has 1 aliphatic rings. The van der Waals surface area contributed by atoms with Gasteiger partial charge in [-0.15, -0.1) is 0 Å². The van der Waals surface area contributed by atoms with Gasteiger partial charge < -0.3 is 9.64 Å². The first-order chi connectivity index (χ1) is 8.63. The highest BCUT2D eigenvalue weighted by molar-refractivity contribution is 5.98. The van der Waals surface area contributed by atoms with Crippen LogP contribution in [-0.2, 0) is 11.3 Å². The minimum absolute atomic E-state index is 0.122. The lowest BCUT2D eigenvalue weighted by atomic mass is 10.1. The van der Waals surface area contributed by atoms with Crippen molar-refractivity contribution in [3.8, 4) is 11.8 Å². The largest absolute Gasteiger partial charge is 0.372 e. The van der Waals surface area contributed by atoms with Gasteiger partial charge >= 0.3 is 0 Å². The first-order valence-corrected chi connectivity index (χ1v) is 6.05. The lowest BCUT2D eigenvalue weighted by molar-refractivity contribution is 0.0730. The number of benzene rings is 1. The van der Waals surface area contributed by atoms with Gasteiger partial charge in [0.05, 0.1) is 0 Å². The van der Waals surface area contributed by atoms with Crippen LogP contribution in [0.1, 0.15) is 35.3 Å². The maximum Gasteiger partial charge on any atom is 0.254 e. The predicted octanol–water partition coefficient (Wildman–Crippen LogP) is 2.05. The summed E-state index contributed by atoms with van der Waals surface area (Å²) in [6, 6.07) is 5.99. The summed E-state index contributed by atoms with van der Waals surface area (Å²) in [6.45, 7) is 5.17. The maximum absolute atomic E-state index is 12.1. The van der Waals surface area contributed by atoms with E-state index >= 15 is 0 Å². The van der Waals surface area contributed by atoms with Crippen LogP contribution in [0.25, 0.3) is 0 Å². The molecule has 0 saturated heterocycles. The standard InChI is InChI=1S/C15H17NO2/c1-11(2)16-10-13-9-12(5-4-8-18-3)6-7-14(13)15(16)17/h6-7,9,11H,8,10H2,1-3H3. The van der Waals surface area contributed by atoms with E-state index in [-0.39, 0.29) is 11.9 Å². The molecule has 94 valence electrons. The molecular weight excluding hydrogens is 226 g/mol. The molecule has 1 heterocycles. The van der Waals surface area contributed by atoms with Gasteiger partial charge in [-0.25, -0.2) is 0 Å². The second-order valence-corrected chi connectivity index (χ2v) is 4.63. The minimum atomic E-state index is 0.122. The molecule has 0 bridgehead atoms. The van der Waals surface area contributed by atoms with Crippen molar-refractivity contribution in [2.75, 3.05) is 13.7 Å². The van der Waals surface area contributed by atoms with E-state index in [4.69, 9.17) is 4.74 Å². The number of carbonyl (C=O) groups is 1. The van der Waals surface area contributed by atoms with Crippen molar-refractivity contribution in [3.63, 3.8) is 0 Å². The molecule has 0 aliphatic carbocycles. The van der Waals surface area contributed by atoms with Gasteiger partial charge in [0.15, 0.2) is 0 Å². The van der Waals surface area contributed by atoms with Crippen LogP contribution in [0.2, 0.25) is 0 Å². The summed E-state index contributed by atoms with van der Waals surface area (Å²) in [5.74, 6) is 6.07. The number of amides is 1. The fraction of sp³-hybridized carbons (Fsp3) is 0.400. The first kappa shape index (κ1) is 12.7. The highest BCUT2D eigenvalue weighted by Crippen LogP contribution is 2.25. The fourth-order valence-electron chi connectivity index (χ4n) is 2.05. The Morgan fingerprint density at radius 2 is 2.22 bits per heavy atom. The predicted molar refractivity (Wildman–Crippen MR) is 70.2 cm³/mol. The van der Waals surface area contributed by atoms with Crippen LogP contribution in [0.15, 0.2) is 18.2 Å². The highest BCUT2D eigenvalue weighted by atomic mass is 16.5. The average Bonchev–Trinajstić information content (AvgIpc) is 2.67. The molecular formula is C15H17NO2. The molecule has 0 atom stereocenters. The highest BCUT2D eigenvalue weighted by Gasteiger charge is 2.28. The van der Waals surface area contributed by atoms with Crippen molar-refractivity contribution in [2.45, 2.75) is 26.4 Å². The molecule has 1 aliphatic heterocycles. The van der Waals surface area contributed by atoms with Gasteiger partial charge in [-0.3, -0.25) is 4.79 Å². The van der Waals surface area contributed by atoms with E-state index in [1.807, 2.05) is 36.9 Å². The molecule has 18 heavy (non-hydrogen) atoms. The van der Waals surface area contributed by atoms with Crippen LogP contribution >= 0.6 is 0 Å². The Morgan fingerprint density at radius 3 is 2.89 bits per heavy atom. The first-order valence-electron chi connectivity index (χ1n) is 6.05. The van der Waals surface area contributed by atoms with Gasteiger partial charge in [0.2, 0.25) is 0 Å². The molecule has 0 aromatic heterocycles. The minimum Gasteiger partial charge on any atom is -0.372 e. The number of carbonyl (C=O) groups excluding carboxylic acids is 1. The topological polar surface area (TPSA) is 29.5 Å². The summed E-state index contributed by atoms with van der Waals surface area (Å²) >= 11 is 0. The summed E-state index contributed by atoms with van der Waals surface area (Å²) in [7, 11) is 1.62. The van der Waals surface area contributed by atoms with Crippen LogP contribution in [-0.4, -0.2) is 30.6 Å². The smallest absolute Gasteiger partial charge is 0.254 e. The zero-order valence-electron chi connectivity index (χ0n) is 11.0. The molecule has 1 amide bonds. The van der Waals surface area contributed by atoms with E-state index in [0.29, 0.717) is 13.2 Å². The lowest BCUT2D eigenvalue weighted by Crippen LogP contribution is -2.30. The molecule has 3 heteroatoms. The number of hydrogen-bond acceptors (Lipinski definition) is 2. The third-order valence-electron chi connectivity index (χ3n) is 3.01. The Morgan fingerprint density at radius 1 is 1.44 bits per heavy atom. The summed E-state index contributed by atoms with van der Waals surface area (Å²) < 4.78 is 4.89. The van der Waals surface area contributed by atoms with Crippen LogP contribution in [0.4, 0.5) is 0 Å². The van der Waals surface area contributed by atoms with Crippen molar-refractivity contribution in [1.29, 1.82) is 0 Å². The number of hydrogen-bond donors (Lipinski definition) is 0.